The van der Waals surface area contributed by atoms with Gasteiger partial charge in [0.2, 0.25) is 5.91 Å². The van der Waals surface area contributed by atoms with Gasteiger partial charge in [-0.1, -0.05) is 35.9 Å². The highest BCUT2D eigenvalue weighted by Gasteiger charge is 2.10. The van der Waals surface area contributed by atoms with Crippen molar-refractivity contribution in [1.82, 2.24) is 10.6 Å². The molecule has 2 aromatic rings. The van der Waals surface area contributed by atoms with Gasteiger partial charge in [-0.2, -0.15) is 0 Å². The van der Waals surface area contributed by atoms with Gasteiger partial charge in [0.05, 0.1) is 6.04 Å². The number of hydrogen-bond donors (Lipinski definition) is 3. The summed E-state index contributed by atoms with van der Waals surface area (Å²) < 4.78 is 0. The van der Waals surface area contributed by atoms with Crippen LogP contribution in [0.4, 0.5) is 4.79 Å². The number of hydrogen-bond acceptors (Lipinski definition) is 2. The number of halogens is 1. The number of rotatable bonds is 5. The third kappa shape index (κ3) is 5.00. The molecule has 23 heavy (non-hydrogen) atoms. The number of carbonyl (C=O) groups excluding carboxylic acids is 2. The van der Waals surface area contributed by atoms with Crippen LogP contribution in [0.2, 0.25) is 5.02 Å². The Morgan fingerprint density at radius 3 is 2.61 bits per heavy atom. The quantitative estimate of drug-likeness (QED) is 0.786. The summed E-state index contributed by atoms with van der Waals surface area (Å²) in [5.41, 5.74) is 7.36. The Balaban J connectivity index is 1.90. The molecule has 0 aliphatic heterocycles. The Bertz CT molecular complexity index is 718. The van der Waals surface area contributed by atoms with E-state index in [4.69, 9.17) is 17.3 Å². The maximum absolute atomic E-state index is 12.0. The van der Waals surface area contributed by atoms with Gasteiger partial charge in [-0.3, -0.25) is 4.79 Å². The van der Waals surface area contributed by atoms with Crippen LogP contribution in [-0.4, -0.2) is 11.9 Å². The van der Waals surface area contributed by atoms with Crippen LogP contribution in [0.3, 0.4) is 0 Å². The smallest absolute Gasteiger partial charge is 0.315 e. The zero-order chi connectivity index (χ0) is 16.8. The second-order valence-electron chi connectivity index (χ2n) is 5.17. The fourth-order valence-electron chi connectivity index (χ4n) is 2.12. The van der Waals surface area contributed by atoms with E-state index in [0.717, 1.165) is 11.1 Å². The molecule has 0 fully saturated rings. The van der Waals surface area contributed by atoms with E-state index in [0.29, 0.717) is 17.1 Å². The molecule has 2 aromatic carbocycles. The SMILES string of the molecule is CC(NC(=O)NCc1cccc(C(N)=O)c1)c1cccc(Cl)c1. The number of carbonyl (C=O) groups is 2. The van der Waals surface area contributed by atoms with E-state index in [-0.39, 0.29) is 12.1 Å². The topological polar surface area (TPSA) is 84.2 Å². The number of benzene rings is 2. The van der Waals surface area contributed by atoms with Crippen molar-refractivity contribution < 1.29 is 9.59 Å². The fourth-order valence-corrected chi connectivity index (χ4v) is 2.32. The van der Waals surface area contributed by atoms with Crippen molar-refractivity contribution in [1.29, 1.82) is 0 Å². The molecule has 0 aliphatic rings. The summed E-state index contributed by atoms with van der Waals surface area (Å²) in [5.74, 6) is -0.495. The molecular weight excluding hydrogens is 314 g/mol. The molecule has 0 bridgehead atoms. The van der Waals surface area contributed by atoms with Gasteiger partial charge >= 0.3 is 6.03 Å². The zero-order valence-electron chi connectivity index (χ0n) is 12.7. The van der Waals surface area contributed by atoms with Gasteiger partial charge < -0.3 is 16.4 Å². The molecule has 0 aromatic heterocycles. The number of nitrogens with one attached hydrogen (secondary N) is 2. The lowest BCUT2D eigenvalue weighted by molar-refractivity contribution is 0.1000. The maximum Gasteiger partial charge on any atom is 0.315 e. The van der Waals surface area contributed by atoms with Crippen molar-refractivity contribution in [2.45, 2.75) is 19.5 Å². The molecule has 0 radical (unpaired) electrons. The third-order valence-corrected chi connectivity index (χ3v) is 3.60. The van der Waals surface area contributed by atoms with Crippen molar-refractivity contribution in [3.05, 3.63) is 70.2 Å². The van der Waals surface area contributed by atoms with Crippen molar-refractivity contribution in [3.8, 4) is 0 Å². The summed E-state index contributed by atoms with van der Waals surface area (Å²) in [5, 5.41) is 6.20. The Kier molecular flexibility index (Phi) is 5.60. The molecule has 120 valence electrons. The molecule has 1 unspecified atom stereocenters. The average Bonchev–Trinajstić information content (AvgIpc) is 2.53. The molecular formula is C17H18ClN3O2. The molecule has 0 aliphatic carbocycles. The molecule has 5 nitrogen and oxygen atoms in total. The standard InChI is InChI=1S/C17H18ClN3O2/c1-11(13-5-3-7-15(18)9-13)21-17(23)20-10-12-4-2-6-14(8-12)16(19)22/h2-9,11H,10H2,1H3,(H2,19,22)(H2,20,21,23). The molecule has 0 heterocycles. The van der Waals surface area contributed by atoms with Gasteiger partial charge in [-0.25, -0.2) is 4.79 Å². The van der Waals surface area contributed by atoms with Gasteiger partial charge in [0, 0.05) is 17.1 Å². The average molecular weight is 332 g/mol. The van der Waals surface area contributed by atoms with Gasteiger partial charge in [0.15, 0.2) is 0 Å². The normalized spacial score (nSPS) is 11.6. The molecule has 6 heteroatoms. The van der Waals surface area contributed by atoms with Gasteiger partial charge in [0.25, 0.3) is 0 Å². The van der Waals surface area contributed by atoms with Crippen LogP contribution in [0, 0.1) is 0 Å². The first kappa shape index (κ1) is 16.8. The van der Waals surface area contributed by atoms with Crippen LogP contribution in [0.5, 0.6) is 0 Å². The van der Waals surface area contributed by atoms with Gasteiger partial charge in [-0.15, -0.1) is 0 Å². The Labute approximate surface area is 139 Å². The highest BCUT2D eigenvalue weighted by atomic mass is 35.5. The van der Waals surface area contributed by atoms with Crippen molar-refractivity contribution in [2.75, 3.05) is 0 Å². The maximum atomic E-state index is 12.0. The lowest BCUT2D eigenvalue weighted by Gasteiger charge is -2.15. The van der Waals surface area contributed by atoms with Crippen LogP contribution in [0.15, 0.2) is 48.5 Å². The minimum absolute atomic E-state index is 0.175. The van der Waals surface area contributed by atoms with Crippen molar-refractivity contribution >= 4 is 23.5 Å². The number of urea groups is 1. The van der Waals surface area contributed by atoms with E-state index in [1.54, 1.807) is 24.3 Å². The Hall–Kier alpha value is -2.53. The molecule has 1 atom stereocenters. The summed E-state index contributed by atoms with van der Waals surface area (Å²) in [6.07, 6.45) is 0. The number of amides is 3. The van der Waals surface area contributed by atoms with Gasteiger partial charge in [0.1, 0.15) is 0 Å². The molecule has 2 rings (SSSR count). The highest BCUT2D eigenvalue weighted by molar-refractivity contribution is 6.30. The van der Waals surface area contributed by atoms with E-state index in [1.165, 1.54) is 0 Å². The lowest BCUT2D eigenvalue weighted by Crippen LogP contribution is -2.36. The molecule has 4 N–H and O–H groups in total. The second-order valence-corrected chi connectivity index (χ2v) is 5.60. The first-order valence-corrected chi connectivity index (χ1v) is 7.52. The molecule has 0 saturated carbocycles. The monoisotopic (exact) mass is 331 g/mol. The summed E-state index contributed by atoms with van der Waals surface area (Å²) in [4.78, 5) is 23.1. The van der Waals surface area contributed by atoms with Crippen molar-refractivity contribution in [3.63, 3.8) is 0 Å². The molecule has 0 spiro atoms. The molecule has 0 saturated heterocycles. The second kappa shape index (κ2) is 7.65. The van der Waals surface area contributed by atoms with E-state index >= 15 is 0 Å². The van der Waals surface area contributed by atoms with Crippen molar-refractivity contribution in [2.24, 2.45) is 5.73 Å². The lowest BCUT2D eigenvalue weighted by atomic mass is 10.1. The minimum atomic E-state index is -0.495. The largest absolute Gasteiger partial charge is 0.366 e. The predicted molar refractivity (Wildman–Crippen MR) is 90.2 cm³/mol. The fraction of sp³-hybridized carbons (Fsp3) is 0.176. The van der Waals surface area contributed by atoms with E-state index in [2.05, 4.69) is 10.6 Å². The summed E-state index contributed by atoms with van der Waals surface area (Å²) in [6.45, 7) is 2.17. The first-order valence-electron chi connectivity index (χ1n) is 7.14. The Morgan fingerprint density at radius 1 is 1.17 bits per heavy atom. The summed E-state index contributed by atoms with van der Waals surface area (Å²) >= 11 is 5.94. The van der Waals surface area contributed by atoms with Crippen LogP contribution in [0.1, 0.15) is 34.5 Å². The van der Waals surface area contributed by atoms with E-state index in [1.807, 2.05) is 31.2 Å². The zero-order valence-corrected chi connectivity index (χ0v) is 13.4. The number of nitrogens with two attached hydrogens (primary N) is 1. The van der Waals surface area contributed by atoms with Crippen LogP contribution in [-0.2, 0) is 6.54 Å². The summed E-state index contributed by atoms with van der Waals surface area (Å²) in [7, 11) is 0. The van der Waals surface area contributed by atoms with Gasteiger partial charge in [-0.05, 0) is 42.3 Å². The van der Waals surface area contributed by atoms with E-state index in [9.17, 15) is 9.59 Å². The van der Waals surface area contributed by atoms with Crippen LogP contribution >= 0.6 is 11.6 Å². The summed E-state index contributed by atoms with van der Waals surface area (Å²) in [6, 6.07) is 13.7. The third-order valence-electron chi connectivity index (χ3n) is 3.36. The van der Waals surface area contributed by atoms with E-state index < -0.39 is 5.91 Å². The Morgan fingerprint density at radius 2 is 1.91 bits per heavy atom. The highest BCUT2D eigenvalue weighted by Crippen LogP contribution is 2.17. The first-order chi connectivity index (χ1) is 11.0. The predicted octanol–water partition coefficient (Wildman–Crippen LogP) is 3.00. The minimum Gasteiger partial charge on any atom is -0.366 e. The van der Waals surface area contributed by atoms with Crippen LogP contribution in [0.25, 0.3) is 0 Å². The number of primary amides is 1. The molecule has 3 amide bonds. The van der Waals surface area contributed by atoms with Crippen LogP contribution < -0.4 is 16.4 Å².